The molecule has 0 aromatic carbocycles. The van der Waals surface area contributed by atoms with Crippen molar-refractivity contribution in [3.63, 3.8) is 0 Å². The highest BCUT2D eigenvalue weighted by Gasteiger charge is 2.58. The molecule has 2 aromatic rings. The number of hydrogen-bond donors (Lipinski definition) is 2. The number of carbonyl (C=O) groups is 2. The molecule has 168 valence electrons. The van der Waals surface area contributed by atoms with Gasteiger partial charge in [0.1, 0.15) is 0 Å². The van der Waals surface area contributed by atoms with Crippen molar-refractivity contribution in [3.05, 3.63) is 60.2 Å². The molecule has 4 fully saturated rings. The first kappa shape index (κ1) is 22.2. The lowest BCUT2D eigenvalue weighted by atomic mass is 9.43. The molecule has 0 aliphatic heterocycles. The lowest BCUT2D eigenvalue weighted by Gasteiger charge is -2.61. The molecule has 4 aliphatic rings. The number of rotatable bonds is 6. The average molecular weight is 435 g/mol. The van der Waals surface area contributed by atoms with Crippen molar-refractivity contribution in [3.8, 4) is 0 Å². The third-order valence-electron chi connectivity index (χ3n) is 7.24. The Morgan fingerprint density at radius 1 is 0.781 bits per heavy atom. The smallest absolute Gasteiger partial charge is 0.303 e. The molecule has 4 aliphatic carbocycles. The van der Waals surface area contributed by atoms with Crippen LogP contribution in [0.5, 0.6) is 0 Å². The predicted molar refractivity (Wildman–Crippen MR) is 121 cm³/mol. The van der Waals surface area contributed by atoms with Gasteiger partial charge in [0.15, 0.2) is 0 Å². The second-order valence-corrected chi connectivity index (χ2v) is 10.00. The zero-order valence-corrected chi connectivity index (χ0v) is 18.2. The number of pyridine rings is 2. The van der Waals surface area contributed by atoms with Crippen LogP contribution in [0.1, 0.15) is 62.5 Å². The van der Waals surface area contributed by atoms with Gasteiger partial charge in [0, 0.05) is 24.8 Å². The Hall–Kier alpha value is -3.02. The lowest BCUT2D eigenvalue weighted by molar-refractivity contribution is -0.160. The van der Waals surface area contributed by atoms with Crippen LogP contribution in [0.15, 0.2) is 49.1 Å². The Balaban J connectivity index is 0.000000158. The van der Waals surface area contributed by atoms with Crippen molar-refractivity contribution in [1.82, 2.24) is 9.97 Å². The van der Waals surface area contributed by atoms with E-state index in [4.69, 9.17) is 10.2 Å². The lowest BCUT2D eigenvalue weighted by Crippen LogP contribution is -2.53. The predicted octanol–water partition coefficient (Wildman–Crippen LogP) is 5.17. The Morgan fingerprint density at radius 3 is 1.50 bits per heavy atom. The van der Waals surface area contributed by atoms with Gasteiger partial charge >= 0.3 is 11.9 Å². The van der Waals surface area contributed by atoms with Crippen molar-refractivity contribution < 1.29 is 19.8 Å². The maximum atomic E-state index is 11.1. The van der Waals surface area contributed by atoms with Gasteiger partial charge in [-0.25, -0.2) is 0 Å². The minimum absolute atomic E-state index is 0.0919. The summed E-state index contributed by atoms with van der Waals surface area (Å²) in [5.74, 6) is -0.292. The number of aromatic nitrogens is 2. The highest BCUT2D eigenvalue weighted by atomic mass is 16.4. The van der Waals surface area contributed by atoms with Crippen LogP contribution in [0, 0.1) is 22.7 Å². The van der Waals surface area contributed by atoms with Crippen LogP contribution in [0.2, 0.25) is 0 Å². The highest BCUT2D eigenvalue weighted by molar-refractivity contribution is 5.69. The third-order valence-corrected chi connectivity index (χ3v) is 7.24. The van der Waals surface area contributed by atoms with E-state index in [1.54, 1.807) is 24.8 Å². The first-order valence-electron chi connectivity index (χ1n) is 11.3. The highest BCUT2D eigenvalue weighted by Crippen LogP contribution is 2.67. The van der Waals surface area contributed by atoms with Gasteiger partial charge in [0.25, 0.3) is 0 Å². The van der Waals surface area contributed by atoms with Gasteiger partial charge in [-0.15, -0.1) is 0 Å². The van der Waals surface area contributed by atoms with Crippen molar-refractivity contribution >= 4 is 24.1 Å². The topological polar surface area (TPSA) is 100 Å². The fourth-order valence-electron chi connectivity index (χ4n) is 6.85. The molecule has 6 rings (SSSR count). The van der Waals surface area contributed by atoms with Gasteiger partial charge in [0.05, 0.1) is 12.8 Å². The summed E-state index contributed by atoms with van der Waals surface area (Å²) < 4.78 is 0. The molecular weight excluding hydrogens is 404 g/mol. The normalized spacial score (nSPS) is 30.0. The fraction of sp³-hybridized carbons (Fsp3) is 0.462. The summed E-state index contributed by atoms with van der Waals surface area (Å²) in [6, 6.07) is 7.88. The minimum Gasteiger partial charge on any atom is -0.481 e. The van der Waals surface area contributed by atoms with Crippen molar-refractivity contribution in [2.45, 2.75) is 51.4 Å². The number of nitrogens with zero attached hydrogens (tertiary/aromatic N) is 2. The molecule has 0 spiro atoms. The quantitative estimate of drug-likeness (QED) is 0.651. The van der Waals surface area contributed by atoms with E-state index in [0.717, 1.165) is 43.2 Å². The van der Waals surface area contributed by atoms with E-state index < -0.39 is 11.9 Å². The van der Waals surface area contributed by atoms with Gasteiger partial charge < -0.3 is 10.2 Å². The minimum atomic E-state index is -0.720. The molecule has 2 heterocycles. The molecule has 0 atom stereocenters. The molecule has 6 heteroatoms. The molecule has 4 bridgehead atoms. The molecular formula is C26H30N2O4. The fourth-order valence-corrected chi connectivity index (χ4v) is 6.85. The van der Waals surface area contributed by atoms with E-state index in [2.05, 4.69) is 22.1 Å². The first-order chi connectivity index (χ1) is 15.4. The molecule has 0 saturated heterocycles. The van der Waals surface area contributed by atoms with Gasteiger partial charge in [-0.2, -0.15) is 0 Å². The zero-order valence-electron chi connectivity index (χ0n) is 18.2. The maximum Gasteiger partial charge on any atom is 0.303 e. The van der Waals surface area contributed by atoms with Crippen LogP contribution in [-0.2, 0) is 9.59 Å². The van der Waals surface area contributed by atoms with Crippen molar-refractivity contribution in [1.29, 1.82) is 0 Å². The Labute approximate surface area is 188 Å². The summed E-state index contributed by atoms with van der Waals surface area (Å²) in [5, 5.41) is 18.2. The van der Waals surface area contributed by atoms with Gasteiger partial charge in [0.2, 0.25) is 0 Å². The second kappa shape index (κ2) is 9.23. The number of carboxylic acids is 2. The van der Waals surface area contributed by atoms with Crippen LogP contribution in [0.4, 0.5) is 0 Å². The first-order valence-corrected chi connectivity index (χ1v) is 11.3. The summed E-state index contributed by atoms with van der Waals surface area (Å²) in [6.07, 6.45) is 17.8. The molecule has 0 amide bonds. The van der Waals surface area contributed by atoms with Crippen LogP contribution in [0.25, 0.3) is 12.2 Å². The number of aliphatic carboxylic acids is 2. The van der Waals surface area contributed by atoms with Crippen LogP contribution < -0.4 is 0 Å². The summed E-state index contributed by atoms with van der Waals surface area (Å²) in [7, 11) is 0. The van der Waals surface area contributed by atoms with E-state index >= 15 is 0 Å². The zero-order chi connectivity index (χ0) is 22.6. The van der Waals surface area contributed by atoms with Crippen molar-refractivity contribution in [2.24, 2.45) is 22.7 Å². The van der Waals surface area contributed by atoms with Crippen LogP contribution in [-0.4, -0.2) is 32.1 Å². The summed E-state index contributed by atoms with van der Waals surface area (Å²) in [4.78, 5) is 30.1. The number of hydrogen-bond acceptors (Lipinski definition) is 4. The van der Waals surface area contributed by atoms with E-state index in [9.17, 15) is 9.59 Å². The van der Waals surface area contributed by atoms with Crippen molar-refractivity contribution in [2.75, 3.05) is 0 Å². The monoisotopic (exact) mass is 434 g/mol. The van der Waals surface area contributed by atoms with Crippen LogP contribution >= 0.6 is 0 Å². The molecule has 32 heavy (non-hydrogen) atoms. The van der Waals surface area contributed by atoms with Gasteiger partial charge in [-0.3, -0.25) is 19.6 Å². The Morgan fingerprint density at radius 2 is 1.16 bits per heavy atom. The standard InChI is InChI=1S/C14H20O4.C12H10N2/c15-11(16)6-13-2-9-1-10(4-13)5-14(3-9,8-13)7-12(17)18;1(11-3-7-13-8-4-11)2-12-5-9-14-10-6-12/h9-10H,1-8H2,(H,15,16)(H,17,18);1-10H/b;2-1+. The van der Waals surface area contributed by atoms with E-state index in [1.807, 2.05) is 24.3 Å². The number of carboxylic acid groups (broad SMARTS) is 2. The Bertz CT molecular complexity index is 884. The van der Waals surface area contributed by atoms with E-state index in [-0.39, 0.29) is 23.7 Å². The third kappa shape index (κ3) is 5.42. The largest absolute Gasteiger partial charge is 0.481 e. The molecule has 0 unspecified atom stereocenters. The second-order valence-electron chi connectivity index (χ2n) is 10.00. The molecule has 4 saturated carbocycles. The average Bonchev–Trinajstić information content (AvgIpc) is 2.71. The van der Waals surface area contributed by atoms with Crippen LogP contribution in [0.3, 0.4) is 0 Å². The molecule has 0 radical (unpaired) electrons. The summed E-state index contributed by atoms with van der Waals surface area (Å²) in [6.45, 7) is 0. The molecule has 6 nitrogen and oxygen atoms in total. The molecule has 2 N–H and O–H groups in total. The summed E-state index contributed by atoms with van der Waals surface area (Å²) >= 11 is 0. The Kier molecular flexibility index (Phi) is 6.40. The maximum absolute atomic E-state index is 11.1. The van der Waals surface area contributed by atoms with E-state index in [1.165, 1.54) is 6.42 Å². The SMILES string of the molecule is C(=C\c1ccncc1)/c1ccncc1.O=C(O)CC12CC3CC(C1)CC(CC(=O)O)(C3)C2. The van der Waals surface area contributed by atoms with E-state index in [0.29, 0.717) is 11.8 Å². The summed E-state index contributed by atoms with van der Waals surface area (Å²) in [5.41, 5.74) is 2.12. The van der Waals surface area contributed by atoms with Gasteiger partial charge in [-0.1, -0.05) is 12.2 Å². The van der Waals surface area contributed by atoms with Gasteiger partial charge in [-0.05, 0) is 96.6 Å². The molecule has 2 aromatic heterocycles.